The summed E-state index contributed by atoms with van der Waals surface area (Å²) in [6.45, 7) is 2.42. The van der Waals surface area contributed by atoms with E-state index >= 15 is 0 Å². The molecular formula is C4H13NO2Si. The van der Waals surface area contributed by atoms with Gasteiger partial charge in [-0.25, -0.2) is 0 Å². The number of nitrogens with one attached hydrogen (secondary N) is 1. The lowest BCUT2D eigenvalue weighted by Crippen LogP contribution is -2.28. The van der Waals surface area contributed by atoms with Crippen LogP contribution in [0.25, 0.3) is 0 Å². The SMILES string of the molecule is CC[SiH2]NCC(O)O. The van der Waals surface area contributed by atoms with Gasteiger partial charge in [-0.2, -0.15) is 0 Å². The third kappa shape index (κ3) is 6.10. The highest BCUT2D eigenvalue weighted by atomic mass is 28.2. The van der Waals surface area contributed by atoms with Crippen LogP contribution in [0.15, 0.2) is 0 Å². The standard InChI is InChI=1S/C4H13NO2Si/c1-2-8-5-3-4(6)7/h4-7H,2-3,8H2,1H3. The average molecular weight is 135 g/mol. The van der Waals surface area contributed by atoms with Gasteiger partial charge in [0.15, 0.2) is 6.29 Å². The molecule has 0 radical (unpaired) electrons. The van der Waals surface area contributed by atoms with Crippen LogP contribution in [0.4, 0.5) is 0 Å². The van der Waals surface area contributed by atoms with Gasteiger partial charge in [0, 0.05) is 6.54 Å². The van der Waals surface area contributed by atoms with Crippen LogP contribution in [-0.2, 0) is 0 Å². The smallest absolute Gasteiger partial charge is 0.163 e. The molecule has 0 aliphatic rings. The summed E-state index contributed by atoms with van der Waals surface area (Å²) in [7, 11) is -0.191. The van der Waals surface area contributed by atoms with Crippen molar-refractivity contribution in [3.8, 4) is 0 Å². The fourth-order valence-electron chi connectivity index (χ4n) is 0.408. The average Bonchev–Trinajstić information content (AvgIpc) is 1.66. The second kappa shape index (κ2) is 5.24. The monoisotopic (exact) mass is 135 g/mol. The van der Waals surface area contributed by atoms with E-state index in [4.69, 9.17) is 10.2 Å². The highest BCUT2D eigenvalue weighted by Gasteiger charge is 1.92. The Morgan fingerprint density at radius 1 is 1.62 bits per heavy atom. The molecule has 3 N–H and O–H groups in total. The lowest BCUT2D eigenvalue weighted by atomic mass is 10.7. The predicted molar refractivity (Wildman–Crippen MR) is 35.3 cm³/mol. The molecule has 0 bridgehead atoms. The minimum Gasteiger partial charge on any atom is -0.367 e. The molecular weight excluding hydrogens is 122 g/mol. The maximum Gasteiger partial charge on any atom is 0.163 e. The Labute approximate surface area is 51.6 Å². The molecule has 0 spiro atoms. The summed E-state index contributed by atoms with van der Waals surface area (Å²) in [6, 6.07) is 1.16. The normalized spacial score (nSPS) is 12.0. The highest BCUT2D eigenvalue weighted by Crippen LogP contribution is 1.70. The molecule has 0 aromatic carbocycles. The Hall–Kier alpha value is 0.0969. The summed E-state index contributed by atoms with van der Waals surface area (Å²) >= 11 is 0. The van der Waals surface area contributed by atoms with Crippen molar-refractivity contribution in [1.29, 1.82) is 0 Å². The Bertz CT molecular complexity index is 51.3. The largest absolute Gasteiger partial charge is 0.367 e. The third-order valence-corrected chi connectivity index (χ3v) is 1.90. The molecule has 0 unspecified atom stereocenters. The van der Waals surface area contributed by atoms with Crippen LogP contribution in [0.1, 0.15) is 6.92 Å². The molecule has 0 saturated heterocycles. The van der Waals surface area contributed by atoms with Crippen molar-refractivity contribution in [2.24, 2.45) is 0 Å². The number of hydrogen-bond acceptors (Lipinski definition) is 3. The van der Waals surface area contributed by atoms with E-state index < -0.39 is 6.29 Å². The highest BCUT2D eigenvalue weighted by molar-refractivity contribution is 6.31. The number of hydrogen-bond donors (Lipinski definition) is 3. The lowest BCUT2D eigenvalue weighted by Gasteiger charge is -2.02. The molecule has 8 heavy (non-hydrogen) atoms. The molecule has 0 aromatic rings. The molecule has 0 aliphatic carbocycles. The zero-order chi connectivity index (χ0) is 6.41. The molecule has 50 valence electrons. The summed E-state index contributed by atoms with van der Waals surface area (Å²) in [5, 5.41) is 16.6. The molecule has 0 rings (SSSR count). The van der Waals surface area contributed by atoms with Crippen LogP contribution in [0.5, 0.6) is 0 Å². The fourth-order valence-corrected chi connectivity index (χ4v) is 1.22. The fraction of sp³-hybridized carbons (Fsp3) is 1.00. The van der Waals surface area contributed by atoms with Crippen LogP contribution in [0.2, 0.25) is 6.04 Å². The van der Waals surface area contributed by atoms with Crippen molar-refractivity contribution in [2.45, 2.75) is 19.3 Å². The van der Waals surface area contributed by atoms with Gasteiger partial charge in [0.05, 0.1) is 9.68 Å². The van der Waals surface area contributed by atoms with Crippen LogP contribution >= 0.6 is 0 Å². The number of rotatable bonds is 4. The Morgan fingerprint density at radius 3 is 2.62 bits per heavy atom. The maximum atomic E-state index is 8.29. The van der Waals surface area contributed by atoms with E-state index in [1.165, 1.54) is 0 Å². The summed E-state index contributed by atoms with van der Waals surface area (Å²) in [5.41, 5.74) is 0. The molecule has 0 amide bonds. The van der Waals surface area contributed by atoms with Crippen LogP contribution in [0, 0.1) is 0 Å². The van der Waals surface area contributed by atoms with Gasteiger partial charge in [-0.3, -0.25) is 0 Å². The van der Waals surface area contributed by atoms with Gasteiger partial charge in [0.2, 0.25) is 0 Å². The minimum atomic E-state index is -1.17. The molecule has 0 aliphatic heterocycles. The first kappa shape index (κ1) is 8.10. The molecule has 0 aromatic heterocycles. The molecule has 0 atom stereocenters. The van der Waals surface area contributed by atoms with Crippen molar-refractivity contribution in [2.75, 3.05) is 6.54 Å². The summed E-state index contributed by atoms with van der Waals surface area (Å²) < 4.78 is 0. The third-order valence-electron chi connectivity index (χ3n) is 0.754. The van der Waals surface area contributed by atoms with Crippen molar-refractivity contribution in [3.63, 3.8) is 0 Å². The van der Waals surface area contributed by atoms with E-state index in [1.54, 1.807) is 0 Å². The number of aliphatic hydroxyl groups is 2. The summed E-state index contributed by atoms with van der Waals surface area (Å²) in [5.74, 6) is 0. The topological polar surface area (TPSA) is 52.5 Å². The zero-order valence-electron chi connectivity index (χ0n) is 5.09. The first-order chi connectivity index (χ1) is 3.77. The molecule has 0 fully saturated rings. The van der Waals surface area contributed by atoms with Gasteiger partial charge in [0.1, 0.15) is 0 Å². The summed E-state index contributed by atoms with van der Waals surface area (Å²) in [4.78, 5) is 2.97. The lowest BCUT2D eigenvalue weighted by molar-refractivity contribution is -0.0336. The summed E-state index contributed by atoms with van der Waals surface area (Å²) in [6.07, 6.45) is -1.17. The maximum absolute atomic E-state index is 8.29. The van der Waals surface area contributed by atoms with Gasteiger partial charge in [-0.05, 0) is 0 Å². The van der Waals surface area contributed by atoms with E-state index in [9.17, 15) is 0 Å². The Balaban J connectivity index is 2.72. The van der Waals surface area contributed by atoms with Crippen molar-refractivity contribution in [1.82, 2.24) is 4.98 Å². The van der Waals surface area contributed by atoms with Crippen LogP contribution in [0.3, 0.4) is 0 Å². The second-order valence-corrected chi connectivity index (χ2v) is 3.68. The van der Waals surface area contributed by atoms with E-state index in [0.29, 0.717) is 6.54 Å². The van der Waals surface area contributed by atoms with E-state index in [1.807, 2.05) is 0 Å². The quantitative estimate of drug-likeness (QED) is 0.247. The van der Waals surface area contributed by atoms with Gasteiger partial charge in [-0.1, -0.05) is 13.0 Å². The molecule has 0 saturated carbocycles. The Kier molecular flexibility index (Phi) is 5.30. The van der Waals surface area contributed by atoms with Crippen molar-refractivity contribution < 1.29 is 10.2 Å². The van der Waals surface area contributed by atoms with Gasteiger partial charge in [0.25, 0.3) is 0 Å². The molecule has 0 heterocycles. The minimum absolute atomic E-state index is 0.191. The first-order valence-corrected chi connectivity index (χ1v) is 4.55. The predicted octanol–water partition coefficient (Wildman–Crippen LogP) is -1.59. The molecule has 3 nitrogen and oxygen atoms in total. The van der Waals surface area contributed by atoms with Crippen molar-refractivity contribution >= 4 is 9.68 Å². The van der Waals surface area contributed by atoms with E-state index in [0.717, 1.165) is 6.04 Å². The van der Waals surface area contributed by atoms with Gasteiger partial charge in [-0.15, -0.1) is 0 Å². The zero-order valence-corrected chi connectivity index (χ0v) is 6.51. The van der Waals surface area contributed by atoms with E-state index in [2.05, 4.69) is 11.9 Å². The van der Waals surface area contributed by atoms with E-state index in [-0.39, 0.29) is 9.68 Å². The van der Waals surface area contributed by atoms with Crippen LogP contribution in [-0.4, -0.2) is 32.7 Å². The van der Waals surface area contributed by atoms with Gasteiger partial charge < -0.3 is 15.2 Å². The van der Waals surface area contributed by atoms with Gasteiger partial charge >= 0.3 is 0 Å². The second-order valence-electron chi connectivity index (χ2n) is 1.68. The first-order valence-electron chi connectivity index (χ1n) is 2.84. The Morgan fingerprint density at radius 2 is 2.25 bits per heavy atom. The molecule has 4 heteroatoms. The van der Waals surface area contributed by atoms with Crippen molar-refractivity contribution in [3.05, 3.63) is 0 Å². The van der Waals surface area contributed by atoms with Crippen LogP contribution < -0.4 is 4.98 Å². The number of aliphatic hydroxyl groups excluding tert-OH is 1.